The molecule has 1 atom stereocenters. The van der Waals surface area contributed by atoms with Gasteiger partial charge >= 0.3 is 6.03 Å². The van der Waals surface area contributed by atoms with Crippen LogP contribution in [0.25, 0.3) is 0 Å². The van der Waals surface area contributed by atoms with Gasteiger partial charge in [0.05, 0.1) is 18.1 Å². The fraction of sp³-hybridized carbons (Fsp3) is 0.571. The molecule has 8 nitrogen and oxygen atoms in total. The van der Waals surface area contributed by atoms with E-state index >= 15 is 0 Å². The van der Waals surface area contributed by atoms with Gasteiger partial charge in [0.25, 0.3) is 11.8 Å². The summed E-state index contributed by atoms with van der Waals surface area (Å²) in [4.78, 5) is 41.1. The molecule has 1 unspecified atom stereocenters. The number of sulfone groups is 1. The third kappa shape index (κ3) is 3.95. The Kier molecular flexibility index (Phi) is 5.34. The normalized spacial score (nSPS) is 25.4. The van der Waals surface area contributed by atoms with Crippen molar-refractivity contribution in [2.45, 2.75) is 44.7 Å². The number of likely N-dealkylation sites (tertiary alicyclic amines) is 1. The van der Waals surface area contributed by atoms with Crippen LogP contribution >= 0.6 is 0 Å². The molecule has 3 saturated heterocycles. The SMILES string of the molecule is CC1CCCN(C(=O)c2ccc(CN3C(=O)NC4(CCS(=O)(=O)CC4)C3=O)cc2)C1. The number of carbonyl (C=O) groups is 3. The molecule has 0 aromatic heterocycles. The highest BCUT2D eigenvalue weighted by Crippen LogP contribution is 2.31. The van der Waals surface area contributed by atoms with Crippen molar-refractivity contribution in [1.82, 2.24) is 15.1 Å². The zero-order valence-corrected chi connectivity index (χ0v) is 17.9. The molecular formula is C21H27N3O5S. The smallest absolute Gasteiger partial charge is 0.325 e. The van der Waals surface area contributed by atoms with Crippen LogP contribution in [0.1, 0.15) is 48.5 Å². The van der Waals surface area contributed by atoms with E-state index in [0.29, 0.717) is 11.5 Å². The minimum Gasteiger partial charge on any atom is -0.338 e. The molecule has 4 rings (SSSR count). The third-order valence-electron chi connectivity index (χ3n) is 6.41. The molecule has 9 heteroatoms. The van der Waals surface area contributed by atoms with Gasteiger partial charge in [-0.25, -0.2) is 13.2 Å². The Morgan fingerprint density at radius 1 is 1.17 bits per heavy atom. The Morgan fingerprint density at radius 2 is 1.83 bits per heavy atom. The first-order valence-corrected chi connectivity index (χ1v) is 12.2. The molecule has 162 valence electrons. The number of urea groups is 1. The largest absolute Gasteiger partial charge is 0.338 e. The number of nitrogens with one attached hydrogen (secondary N) is 1. The summed E-state index contributed by atoms with van der Waals surface area (Å²) in [5.74, 6) is -0.0588. The molecule has 1 aromatic rings. The third-order valence-corrected chi connectivity index (χ3v) is 8.06. The van der Waals surface area contributed by atoms with E-state index in [-0.39, 0.29) is 42.7 Å². The number of benzene rings is 1. The Morgan fingerprint density at radius 3 is 2.47 bits per heavy atom. The van der Waals surface area contributed by atoms with Crippen molar-refractivity contribution in [1.29, 1.82) is 0 Å². The number of imide groups is 1. The predicted molar refractivity (Wildman–Crippen MR) is 110 cm³/mol. The van der Waals surface area contributed by atoms with Gasteiger partial charge in [0.1, 0.15) is 5.54 Å². The van der Waals surface area contributed by atoms with E-state index in [9.17, 15) is 22.8 Å². The highest BCUT2D eigenvalue weighted by Gasteiger charge is 2.53. The van der Waals surface area contributed by atoms with Crippen molar-refractivity contribution < 1.29 is 22.8 Å². The Hall–Kier alpha value is -2.42. The Bertz CT molecular complexity index is 959. The molecule has 30 heavy (non-hydrogen) atoms. The lowest BCUT2D eigenvalue weighted by atomic mass is 9.92. The summed E-state index contributed by atoms with van der Waals surface area (Å²) >= 11 is 0. The molecule has 1 aromatic carbocycles. The topological polar surface area (TPSA) is 104 Å². The lowest BCUT2D eigenvalue weighted by molar-refractivity contribution is -0.132. The standard InChI is InChI=1S/C21H27N3O5S/c1-15-3-2-10-23(13-15)18(25)17-6-4-16(5-7-17)14-24-19(26)21(22-20(24)27)8-11-30(28,29)12-9-21/h4-7,15H,2-3,8-14H2,1H3,(H,22,27). The van der Waals surface area contributed by atoms with Gasteiger partial charge in [-0.15, -0.1) is 0 Å². The van der Waals surface area contributed by atoms with Crippen LogP contribution in [0.2, 0.25) is 0 Å². The maximum absolute atomic E-state index is 12.9. The minimum absolute atomic E-state index is 0.00506. The van der Waals surface area contributed by atoms with Crippen LogP contribution in [-0.4, -0.2) is 66.2 Å². The van der Waals surface area contributed by atoms with Gasteiger partial charge < -0.3 is 10.2 Å². The summed E-state index contributed by atoms with van der Waals surface area (Å²) < 4.78 is 23.4. The number of hydrogen-bond donors (Lipinski definition) is 1. The van der Waals surface area contributed by atoms with Gasteiger partial charge in [-0.05, 0) is 49.3 Å². The molecule has 0 bridgehead atoms. The maximum Gasteiger partial charge on any atom is 0.325 e. The number of hydrogen-bond acceptors (Lipinski definition) is 5. The van der Waals surface area contributed by atoms with E-state index < -0.39 is 21.4 Å². The fourth-order valence-corrected chi connectivity index (χ4v) is 6.06. The lowest BCUT2D eigenvalue weighted by Crippen LogP contribution is -2.52. The fourth-order valence-electron chi connectivity index (χ4n) is 4.54. The average Bonchev–Trinajstić information content (AvgIpc) is 2.95. The first-order valence-electron chi connectivity index (χ1n) is 10.4. The van der Waals surface area contributed by atoms with E-state index in [1.807, 2.05) is 4.90 Å². The Labute approximate surface area is 176 Å². The second-order valence-electron chi connectivity index (χ2n) is 8.75. The number of rotatable bonds is 3. The summed E-state index contributed by atoms with van der Waals surface area (Å²) in [5.41, 5.74) is 0.227. The van der Waals surface area contributed by atoms with Gasteiger partial charge in [0.2, 0.25) is 0 Å². The molecule has 0 aliphatic carbocycles. The van der Waals surface area contributed by atoms with Crippen LogP contribution < -0.4 is 5.32 Å². The minimum atomic E-state index is -3.15. The van der Waals surface area contributed by atoms with Gasteiger partial charge in [-0.1, -0.05) is 19.1 Å². The molecular weight excluding hydrogens is 406 g/mol. The summed E-state index contributed by atoms with van der Waals surface area (Å²) in [7, 11) is -3.15. The average molecular weight is 434 g/mol. The van der Waals surface area contributed by atoms with Crippen LogP contribution in [-0.2, 0) is 21.2 Å². The molecule has 0 saturated carbocycles. The zero-order chi connectivity index (χ0) is 21.5. The van der Waals surface area contributed by atoms with E-state index in [2.05, 4.69) is 12.2 Å². The molecule has 0 radical (unpaired) electrons. The van der Waals surface area contributed by atoms with Crippen LogP contribution in [0, 0.1) is 5.92 Å². The first-order chi connectivity index (χ1) is 14.2. The molecule has 1 N–H and O–H groups in total. The van der Waals surface area contributed by atoms with E-state index in [0.717, 1.165) is 36.4 Å². The van der Waals surface area contributed by atoms with E-state index in [1.54, 1.807) is 24.3 Å². The van der Waals surface area contributed by atoms with Crippen molar-refractivity contribution in [3.63, 3.8) is 0 Å². The van der Waals surface area contributed by atoms with Gasteiger partial charge in [0.15, 0.2) is 9.84 Å². The molecule has 3 aliphatic heterocycles. The molecule has 3 aliphatic rings. The number of carbonyl (C=O) groups excluding carboxylic acids is 3. The van der Waals surface area contributed by atoms with Crippen molar-refractivity contribution in [3.8, 4) is 0 Å². The highest BCUT2D eigenvalue weighted by atomic mass is 32.2. The summed E-state index contributed by atoms with van der Waals surface area (Å²) in [6.07, 6.45) is 2.37. The molecule has 3 fully saturated rings. The zero-order valence-electron chi connectivity index (χ0n) is 17.1. The second kappa shape index (κ2) is 7.68. The van der Waals surface area contributed by atoms with Crippen molar-refractivity contribution >= 4 is 27.7 Å². The monoisotopic (exact) mass is 433 g/mol. The van der Waals surface area contributed by atoms with Crippen molar-refractivity contribution in [2.24, 2.45) is 5.92 Å². The molecule has 3 heterocycles. The predicted octanol–water partition coefficient (Wildman–Crippen LogP) is 1.56. The van der Waals surface area contributed by atoms with Crippen molar-refractivity contribution in [2.75, 3.05) is 24.6 Å². The van der Waals surface area contributed by atoms with Gasteiger partial charge in [0, 0.05) is 18.7 Å². The Balaban J connectivity index is 1.43. The van der Waals surface area contributed by atoms with Crippen LogP contribution in [0.3, 0.4) is 0 Å². The second-order valence-corrected chi connectivity index (χ2v) is 11.1. The van der Waals surface area contributed by atoms with E-state index in [1.165, 1.54) is 0 Å². The summed E-state index contributed by atoms with van der Waals surface area (Å²) in [5, 5.41) is 2.72. The number of piperidine rings is 1. The summed E-state index contributed by atoms with van der Waals surface area (Å²) in [6.45, 7) is 3.77. The molecule has 1 spiro atoms. The van der Waals surface area contributed by atoms with Gasteiger partial charge in [-0.3, -0.25) is 14.5 Å². The summed E-state index contributed by atoms with van der Waals surface area (Å²) in [6, 6.07) is 6.49. The quantitative estimate of drug-likeness (QED) is 0.729. The van der Waals surface area contributed by atoms with E-state index in [4.69, 9.17) is 0 Å². The van der Waals surface area contributed by atoms with Gasteiger partial charge in [-0.2, -0.15) is 0 Å². The lowest BCUT2D eigenvalue weighted by Gasteiger charge is -2.31. The van der Waals surface area contributed by atoms with Crippen molar-refractivity contribution in [3.05, 3.63) is 35.4 Å². The molecule has 4 amide bonds. The van der Waals surface area contributed by atoms with Crippen LogP contribution in [0.4, 0.5) is 4.79 Å². The maximum atomic E-state index is 12.9. The number of nitrogens with zero attached hydrogens (tertiary/aromatic N) is 2. The highest BCUT2D eigenvalue weighted by molar-refractivity contribution is 7.91. The first kappa shape index (κ1) is 20.8. The number of amides is 4. The van der Waals surface area contributed by atoms with Crippen LogP contribution in [0.15, 0.2) is 24.3 Å². The van der Waals surface area contributed by atoms with Crippen LogP contribution in [0.5, 0.6) is 0 Å².